The standard InChI is InChI=1S/C18H24F2N2O3.C2HF3O2/c1-11-2-3-14(25-11)7-22-8-15-13(10-24-16(15)9-22)6-21-17(23)12-4-18(19,20)5-12;3-2(4,5)1(6)7/h2-3,12-13,15-16H,4-10H2,1H3,(H,21,23);(H,6,7)/t13-,15+,16+;/m0./s1. The Kier molecular flexibility index (Phi) is 7.13. The number of alkyl halides is 5. The lowest BCUT2D eigenvalue weighted by Crippen LogP contribution is -2.46. The number of hydrogen-bond acceptors (Lipinski definition) is 5. The number of nitrogens with one attached hydrogen (secondary N) is 1. The number of carbonyl (C=O) groups excluding carboxylic acids is 1. The average molecular weight is 468 g/mol. The SMILES string of the molecule is Cc1ccc(CN2C[C@@H]3[C@@H](CNC(=O)C4CC(F)(F)C4)CO[C@@H]3C2)o1.O=C(O)C(F)(F)F. The maximum Gasteiger partial charge on any atom is 0.490 e. The van der Waals surface area contributed by atoms with E-state index in [0.717, 1.165) is 31.2 Å². The summed E-state index contributed by atoms with van der Waals surface area (Å²) in [7, 11) is 0. The number of aryl methyl sites for hydroxylation is 1. The molecule has 7 nitrogen and oxygen atoms in total. The van der Waals surface area contributed by atoms with Gasteiger partial charge in [-0.1, -0.05) is 0 Å². The molecule has 0 unspecified atom stereocenters. The summed E-state index contributed by atoms with van der Waals surface area (Å²) in [4.78, 5) is 23.2. The Balaban J connectivity index is 0.000000360. The molecular formula is C20H25F5N2O5. The van der Waals surface area contributed by atoms with Gasteiger partial charge in [-0.25, -0.2) is 13.6 Å². The molecule has 0 spiro atoms. The summed E-state index contributed by atoms with van der Waals surface area (Å²) in [5, 5.41) is 9.98. The zero-order chi connectivity index (χ0) is 23.7. The van der Waals surface area contributed by atoms with Crippen LogP contribution in [0.15, 0.2) is 16.5 Å². The van der Waals surface area contributed by atoms with Crippen molar-refractivity contribution < 1.29 is 45.8 Å². The molecule has 2 saturated heterocycles. The molecule has 3 fully saturated rings. The minimum Gasteiger partial charge on any atom is -0.475 e. The number of fused-ring (bicyclic) bond motifs is 1. The molecule has 180 valence electrons. The van der Waals surface area contributed by atoms with Crippen molar-refractivity contribution in [1.82, 2.24) is 10.2 Å². The zero-order valence-corrected chi connectivity index (χ0v) is 17.3. The van der Waals surface area contributed by atoms with Gasteiger partial charge in [0, 0.05) is 50.2 Å². The van der Waals surface area contributed by atoms with Crippen LogP contribution in [0.5, 0.6) is 0 Å². The molecule has 1 saturated carbocycles. The van der Waals surface area contributed by atoms with E-state index in [9.17, 15) is 26.7 Å². The van der Waals surface area contributed by atoms with E-state index < -0.39 is 24.0 Å². The highest BCUT2D eigenvalue weighted by atomic mass is 19.4. The maximum absolute atomic E-state index is 12.9. The van der Waals surface area contributed by atoms with Crippen LogP contribution in [-0.4, -0.2) is 66.3 Å². The third-order valence-corrected chi connectivity index (χ3v) is 5.93. The summed E-state index contributed by atoms with van der Waals surface area (Å²) in [6, 6.07) is 3.96. The average Bonchev–Trinajstić information content (AvgIpc) is 3.34. The van der Waals surface area contributed by atoms with Crippen LogP contribution in [0, 0.1) is 24.7 Å². The van der Waals surface area contributed by atoms with Crippen molar-refractivity contribution in [2.24, 2.45) is 17.8 Å². The molecule has 3 aliphatic rings. The largest absolute Gasteiger partial charge is 0.490 e. The summed E-state index contributed by atoms with van der Waals surface area (Å²) < 4.78 is 69.0. The lowest BCUT2D eigenvalue weighted by atomic mass is 9.80. The van der Waals surface area contributed by atoms with E-state index in [-0.39, 0.29) is 30.8 Å². The number of hydrogen-bond donors (Lipinski definition) is 2. The molecule has 1 aromatic rings. The molecule has 12 heteroatoms. The number of nitrogens with zero attached hydrogens (tertiary/aromatic N) is 1. The number of furan rings is 1. The Morgan fingerprint density at radius 3 is 2.44 bits per heavy atom. The van der Waals surface area contributed by atoms with Gasteiger partial charge in [0.15, 0.2) is 0 Å². The number of carboxylic acids is 1. The lowest BCUT2D eigenvalue weighted by Gasteiger charge is -2.34. The van der Waals surface area contributed by atoms with Gasteiger partial charge in [-0.15, -0.1) is 0 Å². The quantitative estimate of drug-likeness (QED) is 0.646. The van der Waals surface area contributed by atoms with Gasteiger partial charge in [-0.05, 0) is 19.1 Å². The Bertz CT molecular complexity index is 820. The smallest absolute Gasteiger partial charge is 0.475 e. The van der Waals surface area contributed by atoms with Crippen LogP contribution in [0.3, 0.4) is 0 Å². The molecule has 0 radical (unpaired) electrons. The third kappa shape index (κ3) is 6.18. The Labute approximate surface area is 180 Å². The monoisotopic (exact) mass is 468 g/mol. The molecule has 4 rings (SSSR count). The summed E-state index contributed by atoms with van der Waals surface area (Å²) in [5.74, 6) is -3.70. The van der Waals surface area contributed by atoms with Gasteiger partial charge in [0.2, 0.25) is 11.8 Å². The fraction of sp³-hybridized carbons (Fsp3) is 0.700. The molecule has 0 aromatic carbocycles. The van der Waals surface area contributed by atoms with E-state index in [0.29, 0.717) is 19.1 Å². The van der Waals surface area contributed by atoms with Gasteiger partial charge in [0.05, 0.1) is 19.3 Å². The number of ether oxygens (including phenoxy) is 1. The molecule has 2 aliphatic heterocycles. The number of rotatable bonds is 5. The van der Waals surface area contributed by atoms with Crippen molar-refractivity contribution in [3.8, 4) is 0 Å². The van der Waals surface area contributed by atoms with Crippen LogP contribution in [-0.2, 0) is 20.9 Å². The number of amides is 1. The van der Waals surface area contributed by atoms with Crippen molar-refractivity contribution in [1.29, 1.82) is 0 Å². The first-order chi connectivity index (χ1) is 14.8. The van der Waals surface area contributed by atoms with E-state index in [2.05, 4.69) is 10.2 Å². The van der Waals surface area contributed by atoms with Crippen LogP contribution in [0.2, 0.25) is 0 Å². The van der Waals surface area contributed by atoms with Gasteiger partial charge in [-0.2, -0.15) is 13.2 Å². The summed E-state index contributed by atoms with van der Waals surface area (Å²) in [6.45, 7) is 5.61. The molecule has 32 heavy (non-hydrogen) atoms. The Morgan fingerprint density at radius 2 is 1.91 bits per heavy atom. The van der Waals surface area contributed by atoms with E-state index >= 15 is 0 Å². The molecule has 2 N–H and O–H groups in total. The fourth-order valence-corrected chi connectivity index (χ4v) is 4.23. The van der Waals surface area contributed by atoms with Crippen molar-refractivity contribution in [2.75, 3.05) is 26.2 Å². The fourth-order valence-electron chi connectivity index (χ4n) is 4.23. The number of halogens is 5. The predicted molar refractivity (Wildman–Crippen MR) is 99.8 cm³/mol. The molecule has 1 amide bonds. The van der Waals surface area contributed by atoms with Crippen molar-refractivity contribution in [2.45, 2.75) is 44.5 Å². The summed E-state index contributed by atoms with van der Waals surface area (Å²) >= 11 is 0. The van der Waals surface area contributed by atoms with Crippen LogP contribution >= 0.6 is 0 Å². The first kappa shape index (κ1) is 24.4. The lowest BCUT2D eigenvalue weighted by molar-refractivity contribution is -0.192. The topological polar surface area (TPSA) is 92.0 Å². The zero-order valence-electron chi connectivity index (χ0n) is 17.3. The minimum absolute atomic E-state index is 0.186. The third-order valence-electron chi connectivity index (χ3n) is 5.93. The molecule has 3 atom stereocenters. The van der Waals surface area contributed by atoms with E-state index in [4.69, 9.17) is 19.1 Å². The van der Waals surface area contributed by atoms with Gasteiger partial charge in [-0.3, -0.25) is 9.69 Å². The van der Waals surface area contributed by atoms with Gasteiger partial charge in [0.25, 0.3) is 0 Å². The number of aliphatic carboxylic acids is 1. The molecule has 0 bridgehead atoms. The van der Waals surface area contributed by atoms with Gasteiger partial charge < -0.3 is 19.6 Å². The van der Waals surface area contributed by atoms with Gasteiger partial charge >= 0.3 is 12.1 Å². The summed E-state index contributed by atoms with van der Waals surface area (Å²) in [6.07, 6.45) is -5.53. The van der Waals surface area contributed by atoms with Crippen LogP contribution in [0.1, 0.15) is 24.4 Å². The van der Waals surface area contributed by atoms with E-state index in [1.807, 2.05) is 19.1 Å². The molecule has 3 heterocycles. The second-order valence-corrected chi connectivity index (χ2v) is 8.51. The van der Waals surface area contributed by atoms with Crippen LogP contribution in [0.4, 0.5) is 22.0 Å². The number of carbonyl (C=O) groups is 2. The number of carboxylic acid groups (broad SMARTS) is 1. The second-order valence-electron chi connectivity index (χ2n) is 8.51. The molecule has 1 aromatic heterocycles. The first-order valence-corrected chi connectivity index (χ1v) is 10.2. The van der Waals surface area contributed by atoms with Crippen molar-refractivity contribution in [3.05, 3.63) is 23.7 Å². The van der Waals surface area contributed by atoms with E-state index in [1.54, 1.807) is 0 Å². The summed E-state index contributed by atoms with van der Waals surface area (Å²) in [5.41, 5.74) is 0. The van der Waals surface area contributed by atoms with Crippen LogP contribution < -0.4 is 5.32 Å². The second kappa shape index (κ2) is 9.34. The maximum atomic E-state index is 12.9. The Hall–Kier alpha value is -2.21. The molecular weight excluding hydrogens is 443 g/mol. The first-order valence-electron chi connectivity index (χ1n) is 10.2. The molecule has 1 aliphatic carbocycles. The van der Waals surface area contributed by atoms with Crippen LogP contribution in [0.25, 0.3) is 0 Å². The highest BCUT2D eigenvalue weighted by Crippen LogP contribution is 2.42. The van der Waals surface area contributed by atoms with Crippen molar-refractivity contribution in [3.63, 3.8) is 0 Å². The normalized spacial score (nSPS) is 27.2. The predicted octanol–water partition coefficient (Wildman–Crippen LogP) is 2.83. The Morgan fingerprint density at radius 1 is 1.25 bits per heavy atom. The highest BCUT2D eigenvalue weighted by Gasteiger charge is 2.49. The van der Waals surface area contributed by atoms with Crippen molar-refractivity contribution >= 4 is 11.9 Å². The highest BCUT2D eigenvalue weighted by molar-refractivity contribution is 5.79. The minimum atomic E-state index is -5.08. The number of likely N-dealkylation sites (tertiary alicyclic amines) is 1. The van der Waals surface area contributed by atoms with Gasteiger partial charge in [0.1, 0.15) is 11.5 Å². The van der Waals surface area contributed by atoms with E-state index in [1.165, 1.54) is 0 Å².